The first-order valence-corrected chi connectivity index (χ1v) is 10.5. The van der Waals surface area contributed by atoms with E-state index in [0.717, 1.165) is 5.56 Å². The number of para-hydroxylation sites is 1. The number of sulfonamides is 1. The summed E-state index contributed by atoms with van der Waals surface area (Å²) in [5.74, 6) is 0.330. The zero-order valence-corrected chi connectivity index (χ0v) is 16.7. The Morgan fingerprint density at radius 3 is 2.57 bits per heavy atom. The Labute approximate surface area is 165 Å². The molecule has 1 aliphatic heterocycles. The van der Waals surface area contributed by atoms with Crippen LogP contribution in [0.15, 0.2) is 53.4 Å². The Balaban J connectivity index is 1.78. The van der Waals surface area contributed by atoms with Crippen LogP contribution in [-0.4, -0.2) is 52.0 Å². The van der Waals surface area contributed by atoms with Gasteiger partial charge >= 0.3 is 0 Å². The van der Waals surface area contributed by atoms with Gasteiger partial charge in [-0.05, 0) is 31.2 Å². The summed E-state index contributed by atoms with van der Waals surface area (Å²) in [5.41, 5.74) is 1.13. The van der Waals surface area contributed by atoms with E-state index in [9.17, 15) is 13.2 Å². The monoisotopic (exact) mass is 404 g/mol. The second-order valence-corrected chi connectivity index (χ2v) is 8.42. The number of carbonyl (C=O) groups excluding carboxylic acids is 1. The van der Waals surface area contributed by atoms with Crippen LogP contribution in [0.1, 0.15) is 28.9 Å². The molecule has 3 rings (SSSR count). The van der Waals surface area contributed by atoms with Gasteiger partial charge in [-0.25, -0.2) is 8.42 Å². The highest BCUT2D eigenvalue weighted by molar-refractivity contribution is 7.89. The Morgan fingerprint density at radius 2 is 1.86 bits per heavy atom. The van der Waals surface area contributed by atoms with E-state index < -0.39 is 10.0 Å². The molecule has 0 unspecified atom stereocenters. The molecule has 0 saturated carbocycles. The second kappa shape index (κ2) is 8.72. The minimum atomic E-state index is -3.66. The highest BCUT2D eigenvalue weighted by atomic mass is 32.2. The van der Waals surface area contributed by atoms with Gasteiger partial charge in [0.1, 0.15) is 5.75 Å². The van der Waals surface area contributed by atoms with Gasteiger partial charge in [0.05, 0.1) is 31.3 Å². The number of amides is 1. The normalized spacial score (nSPS) is 16.4. The van der Waals surface area contributed by atoms with Crippen molar-refractivity contribution >= 4 is 15.9 Å². The maximum Gasteiger partial charge on any atom is 0.251 e. The zero-order valence-electron chi connectivity index (χ0n) is 15.9. The van der Waals surface area contributed by atoms with Crippen LogP contribution in [0.3, 0.4) is 0 Å². The summed E-state index contributed by atoms with van der Waals surface area (Å²) in [6.07, 6.45) is 0. The van der Waals surface area contributed by atoms with Crippen molar-refractivity contribution in [2.75, 3.05) is 33.4 Å². The van der Waals surface area contributed by atoms with Crippen LogP contribution in [0.2, 0.25) is 0 Å². The van der Waals surface area contributed by atoms with Crippen LogP contribution in [-0.2, 0) is 14.8 Å². The van der Waals surface area contributed by atoms with E-state index >= 15 is 0 Å². The molecule has 1 amide bonds. The lowest BCUT2D eigenvalue weighted by Gasteiger charge is -2.26. The largest absolute Gasteiger partial charge is 0.496 e. The molecule has 1 aliphatic rings. The van der Waals surface area contributed by atoms with Crippen LogP contribution < -0.4 is 10.1 Å². The molecule has 0 radical (unpaired) electrons. The van der Waals surface area contributed by atoms with Crippen LogP contribution in [0.25, 0.3) is 0 Å². The van der Waals surface area contributed by atoms with Crippen molar-refractivity contribution in [2.24, 2.45) is 0 Å². The molecule has 1 N–H and O–H groups in total. The third-order valence-electron chi connectivity index (χ3n) is 4.66. The van der Waals surface area contributed by atoms with Crippen LogP contribution in [0.4, 0.5) is 0 Å². The van der Waals surface area contributed by atoms with Gasteiger partial charge in [-0.2, -0.15) is 4.31 Å². The molecule has 28 heavy (non-hydrogen) atoms. The predicted molar refractivity (Wildman–Crippen MR) is 105 cm³/mol. The number of nitrogens with one attached hydrogen (secondary N) is 1. The summed E-state index contributed by atoms with van der Waals surface area (Å²) < 4.78 is 37.6. The molecule has 1 heterocycles. The first kappa shape index (κ1) is 20.3. The number of ether oxygens (including phenoxy) is 2. The van der Waals surface area contributed by atoms with Gasteiger partial charge in [0.2, 0.25) is 10.0 Å². The molecule has 0 bridgehead atoms. The lowest BCUT2D eigenvalue weighted by atomic mass is 10.1. The van der Waals surface area contributed by atoms with E-state index in [1.54, 1.807) is 19.2 Å². The molecule has 1 atom stereocenters. The number of morpholine rings is 1. The summed E-state index contributed by atoms with van der Waals surface area (Å²) >= 11 is 0. The van der Waals surface area contributed by atoms with Crippen LogP contribution in [0.5, 0.6) is 5.75 Å². The van der Waals surface area contributed by atoms with Crippen molar-refractivity contribution in [2.45, 2.75) is 17.9 Å². The van der Waals surface area contributed by atoms with Gasteiger partial charge in [0.15, 0.2) is 0 Å². The third kappa shape index (κ3) is 4.35. The standard InChI is InChI=1S/C20H24N2O5S/c1-15(18-8-3-4-9-19(18)26-2)21-20(23)16-6-5-7-17(14-16)28(24,25)22-10-12-27-13-11-22/h3-9,14-15H,10-13H2,1-2H3,(H,21,23)/t15-/m1/s1. The van der Waals surface area contributed by atoms with E-state index in [1.807, 2.05) is 31.2 Å². The topological polar surface area (TPSA) is 84.9 Å². The molecule has 7 nitrogen and oxygen atoms in total. The molecule has 1 fully saturated rings. The van der Waals surface area contributed by atoms with E-state index in [2.05, 4.69) is 5.32 Å². The van der Waals surface area contributed by atoms with E-state index in [1.165, 1.54) is 16.4 Å². The van der Waals surface area contributed by atoms with Crippen LogP contribution >= 0.6 is 0 Å². The number of hydrogen-bond acceptors (Lipinski definition) is 5. The smallest absolute Gasteiger partial charge is 0.251 e. The number of hydrogen-bond donors (Lipinski definition) is 1. The highest BCUT2D eigenvalue weighted by Gasteiger charge is 2.27. The fraction of sp³-hybridized carbons (Fsp3) is 0.350. The Bertz CT molecular complexity index is 939. The molecule has 1 saturated heterocycles. The maximum atomic E-state index is 12.8. The van der Waals surface area contributed by atoms with Gasteiger partial charge in [0.25, 0.3) is 5.91 Å². The highest BCUT2D eigenvalue weighted by Crippen LogP contribution is 2.25. The summed E-state index contributed by atoms with van der Waals surface area (Å²) in [6.45, 7) is 3.21. The first-order valence-electron chi connectivity index (χ1n) is 9.05. The van der Waals surface area contributed by atoms with E-state index in [4.69, 9.17) is 9.47 Å². The molecule has 2 aromatic carbocycles. The van der Waals surface area contributed by atoms with Gasteiger partial charge in [-0.3, -0.25) is 4.79 Å². The first-order chi connectivity index (χ1) is 13.4. The molecule has 0 aromatic heterocycles. The number of methoxy groups -OCH3 is 1. The van der Waals surface area contributed by atoms with Crippen molar-refractivity contribution in [3.05, 3.63) is 59.7 Å². The number of nitrogens with zero attached hydrogens (tertiary/aromatic N) is 1. The quantitative estimate of drug-likeness (QED) is 0.798. The molecule has 150 valence electrons. The lowest BCUT2D eigenvalue weighted by Crippen LogP contribution is -2.40. The van der Waals surface area contributed by atoms with Gasteiger partial charge in [-0.15, -0.1) is 0 Å². The fourth-order valence-electron chi connectivity index (χ4n) is 3.12. The van der Waals surface area contributed by atoms with Gasteiger partial charge in [-0.1, -0.05) is 24.3 Å². The van der Waals surface area contributed by atoms with Crippen molar-refractivity contribution in [3.8, 4) is 5.75 Å². The molecule has 2 aromatic rings. The van der Waals surface area contributed by atoms with E-state index in [-0.39, 0.29) is 22.4 Å². The summed E-state index contributed by atoms with van der Waals surface area (Å²) in [4.78, 5) is 12.8. The molecular formula is C20H24N2O5S. The van der Waals surface area contributed by atoms with Crippen molar-refractivity contribution in [3.63, 3.8) is 0 Å². The maximum absolute atomic E-state index is 12.8. The Kier molecular flexibility index (Phi) is 6.33. The minimum Gasteiger partial charge on any atom is -0.496 e. The average molecular weight is 404 g/mol. The van der Waals surface area contributed by atoms with Crippen LogP contribution in [0, 0.1) is 0 Å². The number of carbonyl (C=O) groups is 1. The minimum absolute atomic E-state index is 0.104. The molecular weight excluding hydrogens is 380 g/mol. The molecule has 8 heteroatoms. The van der Waals surface area contributed by atoms with Gasteiger partial charge < -0.3 is 14.8 Å². The summed E-state index contributed by atoms with van der Waals surface area (Å²) in [7, 11) is -2.08. The van der Waals surface area contributed by atoms with Crippen molar-refractivity contribution < 1.29 is 22.7 Å². The Hall–Kier alpha value is -2.42. The summed E-state index contributed by atoms with van der Waals surface area (Å²) in [5, 5.41) is 2.90. The SMILES string of the molecule is COc1ccccc1[C@@H](C)NC(=O)c1cccc(S(=O)(=O)N2CCOCC2)c1. The molecule has 0 spiro atoms. The number of benzene rings is 2. The third-order valence-corrected chi connectivity index (χ3v) is 6.55. The van der Waals surface area contributed by atoms with Gasteiger partial charge in [0, 0.05) is 24.2 Å². The fourth-order valence-corrected chi connectivity index (χ4v) is 4.57. The second-order valence-electron chi connectivity index (χ2n) is 6.48. The summed E-state index contributed by atoms with van der Waals surface area (Å²) in [6, 6.07) is 13.2. The van der Waals surface area contributed by atoms with Crippen molar-refractivity contribution in [1.82, 2.24) is 9.62 Å². The number of rotatable bonds is 6. The Morgan fingerprint density at radius 1 is 1.14 bits per heavy atom. The predicted octanol–water partition coefficient (Wildman–Crippen LogP) is 2.21. The molecule has 0 aliphatic carbocycles. The zero-order chi connectivity index (χ0) is 20.1. The van der Waals surface area contributed by atoms with E-state index in [0.29, 0.717) is 32.1 Å². The lowest BCUT2D eigenvalue weighted by molar-refractivity contribution is 0.0730. The average Bonchev–Trinajstić information content (AvgIpc) is 2.74. The van der Waals surface area contributed by atoms with Crippen molar-refractivity contribution in [1.29, 1.82) is 0 Å².